The number of esters is 1. The van der Waals surface area contributed by atoms with Gasteiger partial charge in [-0.15, -0.1) is 0 Å². The fraction of sp³-hybridized carbons (Fsp3) is 0.389. The van der Waals surface area contributed by atoms with Crippen LogP contribution in [-0.4, -0.2) is 23.5 Å². The summed E-state index contributed by atoms with van der Waals surface area (Å²) in [6.45, 7) is 6.08. The number of anilines is 1. The van der Waals surface area contributed by atoms with Crippen molar-refractivity contribution in [2.75, 3.05) is 11.9 Å². The van der Waals surface area contributed by atoms with Crippen molar-refractivity contribution in [1.29, 1.82) is 0 Å². The van der Waals surface area contributed by atoms with Crippen LogP contribution in [-0.2, 0) is 14.3 Å². The minimum absolute atomic E-state index is 0.0432. The van der Waals surface area contributed by atoms with Crippen LogP contribution in [0.15, 0.2) is 29.1 Å². The van der Waals surface area contributed by atoms with E-state index in [1.807, 2.05) is 19.9 Å². The molecule has 0 saturated carbocycles. The number of rotatable bonds is 6. The van der Waals surface area contributed by atoms with Gasteiger partial charge in [-0.1, -0.05) is 19.9 Å². The molecule has 0 atom stereocenters. The van der Waals surface area contributed by atoms with Crippen molar-refractivity contribution in [2.45, 2.75) is 39.5 Å². The highest BCUT2D eigenvalue weighted by Crippen LogP contribution is 2.24. The number of aromatic amines is 1. The van der Waals surface area contributed by atoms with Gasteiger partial charge in [-0.2, -0.15) is 0 Å². The zero-order valence-corrected chi connectivity index (χ0v) is 14.1. The van der Waals surface area contributed by atoms with Crippen molar-refractivity contribution in [3.8, 4) is 0 Å². The van der Waals surface area contributed by atoms with E-state index in [1.54, 1.807) is 25.1 Å². The number of aromatic nitrogens is 1. The highest BCUT2D eigenvalue weighted by Gasteiger charge is 2.10. The highest BCUT2D eigenvalue weighted by atomic mass is 16.5. The lowest BCUT2D eigenvalue weighted by Crippen LogP contribution is -2.15. The minimum Gasteiger partial charge on any atom is -0.466 e. The number of H-pyrrole nitrogens is 1. The van der Waals surface area contributed by atoms with E-state index in [0.29, 0.717) is 17.8 Å². The minimum atomic E-state index is -0.392. The Balaban J connectivity index is 2.15. The summed E-state index contributed by atoms with van der Waals surface area (Å²) in [5.41, 5.74) is 2.05. The molecule has 0 spiro atoms. The van der Waals surface area contributed by atoms with Crippen molar-refractivity contribution in [1.82, 2.24) is 4.98 Å². The molecule has 1 amide bonds. The molecule has 2 aromatic rings. The molecule has 1 heterocycles. The molecular formula is C18H22N2O4. The standard InChI is InChI=1S/C18H22N2O4/c1-4-24-18(23)8-7-16(21)19-12-5-6-13-14(11(2)3)10-17(22)20-15(13)9-12/h5-6,9-11H,4,7-8H2,1-3H3,(H,19,21)(H,20,22). The van der Waals surface area contributed by atoms with Crippen molar-refractivity contribution in [3.63, 3.8) is 0 Å². The first-order valence-corrected chi connectivity index (χ1v) is 8.03. The van der Waals surface area contributed by atoms with Gasteiger partial charge in [0.2, 0.25) is 11.5 Å². The quantitative estimate of drug-likeness (QED) is 0.797. The van der Waals surface area contributed by atoms with Crippen LogP contribution in [0.3, 0.4) is 0 Å². The fourth-order valence-corrected chi connectivity index (χ4v) is 2.51. The summed E-state index contributed by atoms with van der Waals surface area (Å²) in [6.07, 6.45) is 0.0982. The Labute approximate surface area is 140 Å². The van der Waals surface area contributed by atoms with Crippen LogP contribution in [0.1, 0.15) is 45.1 Å². The second-order valence-electron chi connectivity index (χ2n) is 5.86. The topological polar surface area (TPSA) is 88.3 Å². The molecule has 2 N–H and O–H groups in total. The molecule has 2 rings (SSSR count). The molecule has 24 heavy (non-hydrogen) atoms. The van der Waals surface area contributed by atoms with Gasteiger partial charge in [-0.05, 0) is 30.5 Å². The predicted octanol–water partition coefficient (Wildman–Crippen LogP) is 2.93. The predicted molar refractivity (Wildman–Crippen MR) is 93.2 cm³/mol. The molecule has 0 fully saturated rings. The molecule has 0 aliphatic rings. The van der Waals surface area contributed by atoms with Gasteiger partial charge in [-0.25, -0.2) is 0 Å². The Morgan fingerprint density at radius 3 is 2.62 bits per heavy atom. The van der Waals surface area contributed by atoms with E-state index in [2.05, 4.69) is 10.3 Å². The largest absolute Gasteiger partial charge is 0.466 e. The highest BCUT2D eigenvalue weighted by molar-refractivity contribution is 5.95. The summed E-state index contributed by atoms with van der Waals surface area (Å²) < 4.78 is 4.79. The maximum Gasteiger partial charge on any atom is 0.306 e. The van der Waals surface area contributed by atoms with Gasteiger partial charge < -0.3 is 15.0 Å². The maximum atomic E-state index is 11.9. The van der Waals surface area contributed by atoms with Gasteiger partial charge in [0, 0.05) is 23.6 Å². The van der Waals surface area contributed by atoms with Crippen molar-refractivity contribution in [3.05, 3.63) is 40.2 Å². The average Bonchev–Trinajstić information content (AvgIpc) is 2.52. The lowest BCUT2D eigenvalue weighted by Gasteiger charge is -2.11. The van der Waals surface area contributed by atoms with Crippen LogP contribution >= 0.6 is 0 Å². The number of pyridine rings is 1. The summed E-state index contributed by atoms with van der Waals surface area (Å²) >= 11 is 0. The van der Waals surface area contributed by atoms with Gasteiger partial charge in [0.1, 0.15) is 0 Å². The zero-order valence-electron chi connectivity index (χ0n) is 14.1. The molecule has 0 unspecified atom stereocenters. The van der Waals surface area contributed by atoms with Gasteiger partial charge in [0.25, 0.3) is 0 Å². The number of fused-ring (bicyclic) bond motifs is 1. The van der Waals surface area contributed by atoms with E-state index in [0.717, 1.165) is 10.9 Å². The molecule has 0 radical (unpaired) electrons. The number of hydrogen-bond acceptors (Lipinski definition) is 4. The van der Waals surface area contributed by atoms with Crippen molar-refractivity contribution < 1.29 is 14.3 Å². The fourth-order valence-electron chi connectivity index (χ4n) is 2.51. The van der Waals surface area contributed by atoms with Crippen LogP contribution in [0.2, 0.25) is 0 Å². The number of carbonyl (C=O) groups excluding carboxylic acids is 2. The van der Waals surface area contributed by atoms with Crippen LogP contribution in [0.5, 0.6) is 0 Å². The molecule has 0 aliphatic heterocycles. The average molecular weight is 330 g/mol. The van der Waals surface area contributed by atoms with E-state index in [9.17, 15) is 14.4 Å². The number of benzene rings is 1. The van der Waals surface area contributed by atoms with Gasteiger partial charge in [-0.3, -0.25) is 14.4 Å². The van der Waals surface area contributed by atoms with Crippen LogP contribution in [0.25, 0.3) is 10.9 Å². The molecule has 0 saturated heterocycles. The lowest BCUT2D eigenvalue weighted by atomic mass is 9.99. The van der Waals surface area contributed by atoms with Gasteiger partial charge in [0.05, 0.1) is 18.5 Å². The Morgan fingerprint density at radius 2 is 1.96 bits per heavy atom. The van der Waals surface area contributed by atoms with Gasteiger partial charge >= 0.3 is 5.97 Å². The normalized spacial score (nSPS) is 10.8. The number of carbonyl (C=O) groups is 2. The molecule has 128 valence electrons. The number of amides is 1. The smallest absolute Gasteiger partial charge is 0.306 e. The third-order valence-corrected chi connectivity index (χ3v) is 3.64. The Bertz CT molecular complexity index is 808. The van der Waals surface area contributed by atoms with Gasteiger partial charge in [0.15, 0.2) is 0 Å². The van der Waals surface area contributed by atoms with Crippen molar-refractivity contribution >= 4 is 28.5 Å². The molecule has 6 nitrogen and oxygen atoms in total. The van der Waals surface area contributed by atoms with Crippen LogP contribution < -0.4 is 10.9 Å². The summed E-state index contributed by atoms with van der Waals surface area (Å²) in [6, 6.07) is 6.99. The molecular weight excluding hydrogens is 308 g/mol. The van der Waals surface area contributed by atoms with E-state index in [-0.39, 0.29) is 30.2 Å². The first-order chi connectivity index (χ1) is 11.4. The monoisotopic (exact) mass is 330 g/mol. The Kier molecular flexibility index (Phi) is 5.73. The summed E-state index contributed by atoms with van der Waals surface area (Å²) in [5.74, 6) is -0.443. The van der Waals surface area contributed by atoms with E-state index in [1.165, 1.54) is 0 Å². The van der Waals surface area contributed by atoms with Crippen LogP contribution in [0, 0.1) is 0 Å². The zero-order chi connectivity index (χ0) is 17.7. The maximum absolute atomic E-state index is 11.9. The number of ether oxygens (including phenoxy) is 1. The third-order valence-electron chi connectivity index (χ3n) is 3.64. The van der Waals surface area contributed by atoms with Crippen molar-refractivity contribution in [2.24, 2.45) is 0 Å². The van der Waals surface area contributed by atoms with E-state index in [4.69, 9.17) is 4.74 Å². The molecule has 0 bridgehead atoms. The first kappa shape index (κ1) is 17.7. The third kappa shape index (κ3) is 4.44. The SMILES string of the molecule is CCOC(=O)CCC(=O)Nc1ccc2c(C(C)C)cc(=O)[nH]c2c1. The second-order valence-corrected chi connectivity index (χ2v) is 5.86. The summed E-state index contributed by atoms with van der Waals surface area (Å²) in [5, 5.41) is 3.68. The number of nitrogens with one attached hydrogen (secondary N) is 2. The Hall–Kier alpha value is -2.63. The van der Waals surface area contributed by atoms with E-state index < -0.39 is 5.97 Å². The lowest BCUT2D eigenvalue weighted by molar-refractivity contribution is -0.144. The molecule has 1 aromatic heterocycles. The number of hydrogen-bond donors (Lipinski definition) is 2. The second kappa shape index (κ2) is 7.77. The first-order valence-electron chi connectivity index (χ1n) is 8.03. The van der Waals surface area contributed by atoms with E-state index >= 15 is 0 Å². The molecule has 6 heteroatoms. The molecule has 0 aliphatic carbocycles. The Morgan fingerprint density at radius 1 is 1.21 bits per heavy atom. The summed E-state index contributed by atoms with van der Waals surface area (Å²) in [4.78, 5) is 37.8. The summed E-state index contributed by atoms with van der Waals surface area (Å²) in [7, 11) is 0. The molecule has 1 aromatic carbocycles. The van der Waals surface area contributed by atoms with Crippen LogP contribution in [0.4, 0.5) is 5.69 Å².